The van der Waals surface area contributed by atoms with Crippen molar-refractivity contribution in [3.05, 3.63) is 53.0 Å². The number of aliphatic hydroxyl groups excluding tert-OH is 1. The van der Waals surface area contributed by atoms with Gasteiger partial charge < -0.3 is 15.0 Å². The Balaban J connectivity index is 1.40. The average molecular weight is 365 g/mol. The van der Waals surface area contributed by atoms with Gasteiger partial charge in [0.1, 0.15) is 0 Å². The maximum atomic E-state index is 10.8. The van der Waals surface area contributed by atoms with E-state index in [0.29, 0.717) is 6.54 Å². The van der Waals surface area contributed by atoms with Crippen LogP contribution in [0.3, 0.4) is 0 Å². The molecule has 0 bridgehead atoms. The molecule has 27 heavy (non-hydrogen) atoms. The van der Waals surface area contributed by atoms with Gasteiger partial charge in [-0.3, -0.25) is 4.90 Å². The predicted molar refractivity (Wildman–Crippen MR) is 108 cm³/mol. The highest BCUT2D eigenvalue weighted by Crippen LogP contribution is 2.26. The molecule has 1 aliphatic rings. The molecule has 1 unspecified atom stereocenters. The number of aryl methyl sites for hydroxylation is 3. The number of β-amino-alcohol motifs (C(OH)–C–C–N with tert-alkyl or cyclic N) is 1. The van der Waals surface area contributed by atoms with E-state index in [2.05, 4.69) is 49.9 Å². The third-order valence-electron chi connectivity index (χ3n) is 5.28. The molecule has 3 aromatic rings. The lowest BCUT2D eigenvalue weighted by molar-refractivity contribution is 0.110. The average Bonchev–Trinajstić information content (AvgIpc) is 3.04. The van der Waals surface area contributed by atoms with Crippen LogP contribution in [0.4, 0.5) is 5.95 Å². The van der Waals surface area contributed by atoms with Gasteiger partial charge in [-0.15, -0.1) is 0 Å². The van der Waals surface area contributed by atoms with E-state index in [1.165, 1.54) is 5.56 Å². The van der Waals surface area contributed by atoms with Crippen LogP contribution in [-0.4, -0.2) is 57.7 Å². The second-order valence-electron chi connectivity index (χ2n) is 7.55. The number of H-pyrrole nitrogens is 1. The summed E-state index contributed by atoms with van der Waals surface area (Å²) < 4.78 is 0. The van der Waals surface area contributed by atoms with Crippen molar-refractivity contribution in [2.45, 2.75) is 26.9 Å². The molecule has 3 heterocycles. The van der Waals surface area contributed by atoms with Crippen LogP contribution >= 0.6 is 0 Å². The summed E-state index contributed by atoms with van der Waals surface area (Å²) in [6.45, 7) is 10.3. The summed E-state index contributed by atoms with van der Waals surface area (Å²) in [6.07, 6.45) is 1.44. The molecule has 1 aliphatic heterocycles. The highest BCUT2D eigenvalue weighted by Gasteiger charge is 2.23. The second-order valence-corrected chi connectivity index (χ2v) is 7.55. The fourth-order valence-corrected chi connectivity index (χ4v) is 3.85. The normalized spacial score (nSPS) is 16.8. The molecule has 1 aromatic carbocycles. The van der Waals surface area contributed by atoms with E-state index < -0.39 is 6.10 Å². The minimum absolute atomic E-state index is 0.496. The molecule has 0 radical (unpaired) electrons. The van der Waals surface area contributed by atoms with Crippen LogP contribution in [-0.2, 0) is 0 Å². The van der Waals surface area contributed by atoms with E-state index >= 15 is 0 Å². The van der Waals surface area contributed by atoms with Crippen molar-refractivity contribution in [2.75, 3.05) is 37.6 Å². The Morgan fingerprint density at radius 3 is 2.44 bits per heavy atom. The van der Waals surface area contributed by atoms with Crippen LogP contribution in [0.2, 0.25) is 0 Å². The largest absolute Gasteiger partial charge is 0.387 e. The zero-order valence-corrected chi connectivity index (χ0v) is 16.2. The number of piperazine rings is 1. The smallest absolute Gasteiger partial charge is 0.225 e. The van der Waals surface area contributed by atoms with Crippen molar-refractivity contribution in [3.63, 3.8) is 0 Å². The lowest BCUT2D eigenvalue weighted by Crippen LogP contribution is -2.48. The Bertz CT molecular complexity index is 923. The molecule has 2 N–H and O–H groups in total. The molecule has 4 rings (SSSR count). The van der Waals surface area contributed by atoms with Crippen molar-refractivity contribution in [2.24, 2.45) is 0 Å². The van der Waals surface area contributed by atoms with E-state index in [1.54, 1.807) is 0 Å². The summed E-state index contributed by atoms with van der Waals surface area (Å²) >= 11 is 0. The molecule has 1 saturated heterocycles. The van der Waals surface area contributed by atoms with Gasteiger partial charge in [-0.1, -0.05) is 11.6 Å². The van der Waals surface area contributed by atoms with Gasteiger partial charge in [0.25, 0.3) is 0 Å². The number of aromatic amines is 1. The molecule has 0 spiro atoms. The monoisotopic (exact) mass is 365 g/mol. The molecule has 1 atom stereocenters. The zero-order chi connectivity index (χ0) is 19.0. The van der Waals surface area contributed by atoms with Crippen LogP contribution in [0.1, 0.15) is 28.6 Å². The van der Waals surface area contributed by atoms with E-state index in [0.717, 1.165) is 60.0 Å². The number of nitrogens with one attached hydrogen (secondary N) is 1. The highest BCUT2D eigenvalue weighted by molar-refractivity contribution is 5.84. The number of aromatic nitrogens is 3. The maximum absolute atomic E-state index is 10.8. The number of hydrogen-bond donors (Lipinski definition) is 2. The van der Waals surface area contributed by atoms with Gasteiger partial charge in [0.05, 0.1) is 6.10 Å². The Morgan fingerprint density at radius 1 is 1.04 bits per heavy atom. The Kier molecular flexibility index (Phi) is 4.85. The van der Waals surface area contributed by atoms with Crippen molar-refractivity contribution in [1.82, 2.24) is 19.9 Å². The lowest BCUT2D eigenvalue weighted by Gasteiger charge is -2.35. The summed E-state index contributed by atoms with van der Waals surface area (Å²) in [6, 6.07) is 8.30. The van der Waals surface area contributed by atoms with Gasteiger partial charge in [-0.2, -0.15) is 0 Å². The number of hydrogen-bond acceptors (Lipinski definition) is 5. The van der Waals surface area contributed by atoms with Crippen molar-refractivity contribution >= 4 is 16.9 Å². The van der Waals surface area contributed by atoms with Gasteiger partial charge in [-0.05, 0) is 39.0 Å². The summed E-state index contributed by atoms with van der Waals surface area (Å²) in [7, 11) is 0. The first-order chi connectivity index (χ1) is 13.0. The third-order valence-corrected chi connectivity index (χ3v) is 5.28. The van der Waals surface area contributed by atoms with Crippen molar-refractivity contribution < 1.29 is 5.11 Å². The predicted octanol–water partition coefficient (Wildman–Crippen LogP) is 2.74. The van der Waals surface area contributed by atoms with Crippen LogP contribution in [0.5, 0.6) is 0 Å². The van der Waals surface area contributed by atoms with E-state index in [9.17, 15) is 5.11 Å². The van der Waals surface area contributed by atoms with Crippen LogP contribution < -0.4 is 4.90 Å². The number of anilines is 1. The molecule has 1 fully saturated rings. The number of benzene rings is 1. The van der Waals surface area contributed by atoms with Crippen molar-refractivity contribution in [1.29, 1.82) is 0 Å². The fraction of sp³-hybridized carbons (Fsp3) is 0.429. The minimum atomic E-state index is -0.496. The van der Waals surface area contributed by atoms with Gasteiger partial charge in [0.2, 0.25) is 5.95 Å². The SMILES string of the molecule is Cc1ccc2[nH]cc(C(O)CN3CCN(c4nc(C)cc(C)n4)CC3)c2c1. The highest BCUT2D eigenvalue weighted by atomic mass is 16.3. The molecule has 2 aromatic heterocycles. The van der Waals surface area contributed by atoms with Gasteiger partial charge >= 0.3 is 0 Å². The Hall–Kier alpha value is -2.44. The maximum Gasteiger partial charge on any atom is 0.225 e. The second kappa shape index (κ2) is 7.29. The zero-order valence-electron chi connectivity index (χ0n) is 16.2. The van der Waals surface area contributed by atoms with Crippen molar-refractivity contribution in [3.8, 4) is 0 Å². The molecule has 0 saturated carbocycles. The van der Waals surface area contributed by atoms with E-state index in [1.807, 2.05) is 26.1 Å². The Morgan fingerprint density at radius 2 is 1.74 bits per heavy atom. The third kappa shape index (κ3) is 3.82. The molecular formula is C21H27N5O. The van der Waals surface area contributed by atoms with Crippen LogP contribution in [0, 0.1) is 20.8 Å². The number of aliphatic hydroxyl groups is 1. The summed E-state index contributed by atoms with van der Waals surface area (Å²) in [5.74, 6) is 0.819. The van der Waals surface area contributed by atoms with E-state index in [-0.39, 0.29) is 0 Å². The number of nitrogens with zero attached hydrogens (tertiary/aromatic N) is 4. The van der Waals surface area contributed by atoms with Crippen LogP contribution in [0.15, 0.2) is 30.5 Å². The van der Waals surface area contributed by atoms with Gasteiger partial charge in [-0.25, -0.2) is 9.97 Å². The topological polar surface area (TPSA) is 68.3 Å². The standard InChI is InChI=1S/C21H27N5O/c1-14-4-5-19-17(10-14)18(12-22-19)20(27)13-25-6-8-26(9-7-25)21-23-15(2)11-16(3)24-21/h4-5,10-12,20,22,27H,6-9,13H2,1-3H3. The first-order valence-electron chi connectivity index (χ1n) is 9.55. The lowest BCUT2D eigenvalue weighted by atomic mass is 10.1. The fourth-order valence-electron chi connectivity index (χ4n) is 3.85. The minimum Gasteiger partial charge on any atom is -0.387 e. The molecular weight excluding hydrogens is 338 g/mol. The Labute approximate surface area is 159 Å². The molecule has 142 valence electrons. The summed E-state index contributed by atoms with van der Waals surface area (Å²) in [4.78, 5) is 17.0. The number of rotatable bonds is 4. The first-order valence-corrected chi connectivity index (χ1v) is 9.55. The van der Waals surface area contributed by atoms with E-state index in [4.69, 9.17) is 0 Å². The summed E-state index contributed by atoms with van der Waals surface area (Å²) in [5, 5.41) is 11.9. The van der Waals surface area contributed by atoms with Crippen LogP contribution in [0.25, 0.3) is 10.9 Å². The molecule has 0 amide bonds. The molecule has 0 aliphatic carbocycles. The van der Waals surface area contributed by atoms with Gasteiger partial charge in [0, 0.05) is 66.8 Å². The molecule has 6 nitrogen and oxygen atoms in total. The quantitative estimate of drug-likeness (QED) is 0.744. The molecule has 6 heteroatoms. The van der Waals surface area contributed by atoms with Gasteiger partial charge in [0.15, 0.2) is 0 Å². The number of fused-ring (bicyclic) bond motifs is 1. The first kappa shape index (κ1) is 17.9. The summed E-state index contributed by atoms with van der Waals surface area (Å²) in [5.41, 5.74) is 5.27.